The van der Waals surface area contributed by atoms with Gasteiger partial charge in [0.05, 0.1) is 5.69 Å². The Labute approximate surface area is 81.4 Å². The predicted octanol–water partition coefficient (Wildman–Crippen LogP) is 0.925. The van der Waals surface area contributed by atoms with Crippen LogP contribution in [0.1, 0.15) is 36.3 Å². The van der Waals surface area contributed by atoms with Crippen LogP contribution in [0.5, 0.6) is 0 Å². The van der Waals surface area contributed by atoms with Crippen LogP contribution in [-0.2, 0) is 6.42 Å². The van der Waals surface area contributed by atoms with E-state index in [1.165, 1.54) is 6.20 Å². The Balaban J connectivity index is 2.56. The highest BCUT2D eigenvalue weighted by molar-refractivity contribution is 5.96. The first-order chi connectivity index (χ1) is 6.48. The van der Waals surface area contributed by atoms with Crippen molar-refractivity contribution in [3.8, 4) is 0 Å². The van der Waals surface area contributed by atoms with Gasteiger partial charge in [0.15, 0.2) is 5.78 Å². The van der Waals surface area contributed by atoms with E-state index in [9.17, 15) is 9.59 Å². The van der Waals surface area contributed by atoms with Gasteiger partial charge in [-0.3, -0.25) is 4.79 Å². The maximum absolute atomic E-state index is 11.7. The minimum atomic E-state index is -0.447. The molecule has 1 N–H and O–H groups in total. The average molecular weight is 192 g/mol. The number of hydrogen-bond donors (Lipinski definition) is 1. The molecule has 0 unspecified atom stereocenters. The van der Waals surface area contributed by atoms with Crippen molar-refractivity contribution in [2.24, 2.45) is 5.41 Å². The van der Waals surface area contributed by atoms with E-state index in [1.807, 2.05) is 13.8 Å². The molecular formula is C10H12N2O2. The largest absolute Gasteiger partial charge is 0.345 e. The summed E-state index contributed by atoms with van der Waals surface area (Å²) >= 11 is 0. The van der Waals surface area contributed by atoms with Gasteiger partial charge in [0.25, 0.3) is 0 Å². The van der Waals surface area contributed by atoms with E-state index in [-0.39, 0.29) is 11.2 Å². The Hall–Kier alpha value is -1.45. The maximum Gasteiger partial charge on any atom is 0.345 e. The van der Waals surface area contributed by atoms with Gasteiger partial charge in [0.2, 0.25) is 0 Å². The van der Waals surface area contributed by atoms with Crippen molar-refractivity contribution in [1.82, 2.24) is 9.97 Å². The first-order valence-corrected chi connectivity index (χ1v) is 4.59. The third kappa shape index (κ3) is 1.47. The van der Waals surface area contributed by atoms with Crippen LogP contribution in [0.25, 0.3) is 0 Å². The van der Waals surface area contributed by atoms with Gasteiger partial charge in [-0.25, -0.2) is 9.78 Å². The molecule has 1 aliphatic carbocycles. The summed E-state index contributed by atoms with van der Waals surface area (Å²) in [6.07, 6.45) is 2.78. The third-order valence-electron chi connectivity index (χ3n) is 2.48. The summed E-state index contributed by atoms with van der Waals surface area (Å²) in [5.41, 5.74) is 0.830. The van der Waals surface area contributed by atoms with Crippen molar-refractivity contribution in [3.63, 3.8) is 0 Å². The van der Waals surface area contributed by atoms with Crippen LogP contribution >= 0.6 is 0 Å². The Morgan fingerprint density at radius 1 is 1.36 bits per heavy atom. The number of aromatic nitrogens is 2. The molecule has 0 fully saturated rings. The molecule has 1 heterocycles. The van der Waals surface area contributed by atoms with E-state index in [0.29, 0.717) is 12.1 Å². The number of fused-ring (bicyclic) bond motifs is 1. The molecule has 1 aliphatic rings. The number of carbonyl (C=O) groups excluding carboxylic acids is 1. The van der Waals surface area contributed by atoms with Crippen molar-refractivity contribution in [1.29, 1.82) is 0 Å². The number of aromatic amines is 1. The monoisotopic (exact) mass is 192 g/mol. The van der Waals surface area contributed by atoms with Gasteiger partial charge in [-0.05, 0) is 17.4 Å². The van der Waals surface area contributed by atoms with Crippen molar-refractivity contribution in [3.05, 3.63) is 27.9 Å². The van der Waals surface area contributed by atoms with Gasteiger partial charge in [-0.2, -0.15) is 0 Å². The van der Waals surface area contributed by atoms with Crippen LogP contribution in [0.15, 0.2) is 11.0 Å². The number of rotatable bonds is 0. The standard InChI is InChI=1S/C10H12N2O2/c1-10(2)3-6-5-11-9(14)12-8(6)7(13)4-10/h5H,3-4H2,1-2H3,(H,11,12,14). The smallest absolute Gasteiger partial charge is 0.303 e. The highest BCUT2D eigenvalue weighted by Gasteiger charge is 2.31. The zero-order valence-electron chi connectivity index (χ0n) is 8.26. The summed E-state index contributed by atoms with van der Waals surface area (Å²) in [6, 6.07) is 0. The molecule has 2 rings (SSSR count). The number of carbonyl (C=O) groups is 1. The lowest BCUT2D eigenvalue weighted by Gasteiger charge is -2.29. The topological polar surface area (TPSA) is 62.8 Å². The Morgan fingerprint density at radius 2 is 2.07 bits per heavy atom. The molecule has 1 aromatic rings. The molecular weight excluding hydrogens is 180 g/mol. The van der Waals surface area contributed by atoms with Crippen molar-refractivity contribution < 1.29 is 4.79 Å². The van der Waals surface area contributed by atoms with E-state index >= 15 is 0 Å². The van der Waals surface area contributed by atoms with Crippen molar-refractivity contribution >= 4 is 5.78 Å². The fourth-order valence-corrected chi connectivity index (χ4v) is 1.90. The Bertz CT molecular complexity index is 446. The molecule has 0 atom stereocenters. The van der Waals surface area contributed by atoms with Gasteiger partial charge >= 0.3 is 5.69 Å². The first kappa shape index (κ1) is 9.12. The molecule has 4 nitrogen and oxygen atoms in total. The fraction of sp³-hybridized carbons (Fsp3) is 0.500. The van der Waals surface area contributed by atoms with Crippen LogP contribution in [0.3, 0.4) is 0 Å². The van der Waals surface area contributed by atoms with Gasteiger partial charge in [0.1, 0.15) is 0 Å². The lowest BCUT2D eigenvalue weighted by molar-refractivity contribution is 0.0905. The number of H-pyrrole nitrogens is 1. The normalized spacial score (nSPS) is 19.1. The number of Topliss-reactive ketones (excluding diaryl/α,β-unsaturated/α-hetero) is 1. The summed E-state index contributed by atoms with van der Waals surface area (Å²) in [4.78, 5) is 28.7. The first-order valence-electron chi connectivity index (χ1n) is 4.59. The zero-order valence-corrected chi connectivity index (χ0v) is 8.26. The second kappa shape index (κ2) is 2.77. The summed E-state index contributed by atoms with van der Waals surface area (Å²) < 4.78 is 0. The fourth-order valence-electron chi connectivity index (χ4n) is 1.90. The SMILES string of the molecule is CC1(C)CC(=O)c2[nH]c(=O)ncc2C1. The van der Waals surface area contributed by atoms with Crippen molar-refractivity contribution in [2.75, 3.05) is 0 Å². The molecule has 1 aromatic heterocycles. The Kier molecular flexibility index (Phi) is 1.80. The predicted molar refractivity (Wildman–Crippen MR) is 51.3 cm³/mol. The minimum absolute atomic E-state index is 0.00995. The van der Waals surface area contributed by atoms with Gasteiger partial charge in [-0.15, -0.1) is 0 Å². The van der Waals surface area contributed by atoms with Gasteiger partial charge in [0, 0.05) is 12.6 Å². The summed E-state index contributed by atoms with van der Waals surface area (Å²) in [5.74, 6) is 0.00995. The van der Waals surface area contributed by atoms with E-state index in [0.717, 1.165) is 12.0 Å². The lowest BCUT2D eigenvalue weighted by Crippen LogP contribution is -2.30. The molecule has 0 spiro atoms. The van der Waals surface area contributed by atoms with E-state index in [1.54, 1.807) is 0 Å². The van der Waals surface area contributed by atoms with E-state index in [2.05, 4.69) is 9.97 Å². The van der Waals surface area contributed by atoms with Crippen LogP contribution in [0, 0.1) is 5.41 Å². The second-order valence-electron chi connectivity index (χ2n) is 4.53. The number of nitrogens with one attached hydrogen (secondary N) is 1. The van der Waals surface area contributed by atoms with Crippen LogP contribution in [0.2, 0.25) is 0 Å². The molecule has 14 heavy (non-hydrogen) atoms. The summed E-state index contributed by atoms with van der Waals surface area (Å²) in [7, 11) is 0. The van der Waals surface area contributed by atoms with Crippen molar-refractivity contribution in [2.45, 2.75) is 26.7 Å². The van der Waals surface area contributed by atoms with Gasteiger partial charge < -0.3 is 4.98 Å². The van der Waals surface area contributed by atoms with Crippen LogP contribution in [-0.4, -0.2) is 15.8 Å². The minimum Gasteiger partial charge on any atom is -0.303 e. The number of ketones is 1. The molecule has 0 aromatic carbocycles. The number of nitrogens with zero attached hydrogens (tertiary/aromatic N) is 1. The molecule has 0 saturated carbocycles. The molecule has 74 valence electrons. The summed E-state index contributed by atoms with van der Waals surface area (Å²) in [5, 5.41) is 0. The Morgan fingerprint density at radius 3 is 2.79 bits per heavy atom. The molecule has 0 amide bonds. The molecule has 0 saturated heterocycles. The zero-order chi connectivity index (χ0) is 10.3. The number of hydrogen-bond acceptors (Lipinski definition) is 3. The quantitative estimate of drug-likeness (QED) is 0.665. The molecule has 4 heteroatoms. The highest BCUT2D eigenvalue weighted by atomic mass is 16.1. The van der Waals surface area contributed by atoms with E-state index in [4.69, 9.17) is 0 Å². The highest BCUT2D eigenvalue weighted by Crippen LogP contribution is 2.32. The van der Waals surface area contributed by atoms with E-state index < -0.39 is 5.69 Å². The lowest BCUT2D eigenvalue weighted by atomic mass is 9.76. The molecule has 0 radical (unpaired) electrons. The molecule has 0 aliphatic heterocycles. The second-order valence-corrected chi connectivity index (χ2v) is 4.53. The average Bonchev–Trinajstić information content (AvgIpc) is 2.05. The van der Waals surface area contributed by atoms with Crippen LogP contribution < -0.4 is 5.69 Å². The summed E-state index contributed by atoms with van der Waals surface area (Å²) in [6.45, 7) is 4.08. The van der Waals surface area contributed by atoms with Gasteiger partial charge in [-0.1, -0.05) is 13.8 Å². The van der Waals surface area contributed by atoms with Crippen LogP contribution in [0.4, 0.5) is 0 Å². The maximum atomic E-state index is 11.7. The molecule has 0 bridgehead atoms. The third-order valence-corrected chi connectivity index (χ3v) is 2.48.